The summed E-state index contributed by atoms with van der Waals surface area (Å²) in [6.45, 7) is 16.7. The van der Waals surface area contributed by atoms with Crippen molar-refractivity contribution < 1.29 is 48.2 Å². The lowest BCUT2D eigenvalue weighted by molar-refractivity contribution is -0.139. The van der Waals surface area contributed by atoms with E-state index in [-0.39, 0.29) is 36.6 Å². The van der Waals surface area contributed by atoms with Gasteiger partial charge in [0.05, 0.1) is 39.6 Å². The summed E-state index contributed by atoms with van der Waals surface area (Å²) in [6.07, 6.45) is 0. The quantitative estimate of drug-likeness (QED) is 0.223. The van der Waals surface area contributed by atoms with Crippen LogP contribution in [0.25, 0.3) is 0 Å². The van der Waals surface area contributed by atoms with E-state index >= 15 is 0 Å². The molecule has 0 heterocycles. The van der Waals surface area contributed by atoms with Gasteiger partial charge in [0.2, 0.25) is 0 Å². The molecular weight excluding hydrogens is 428 g/mol. The summed E-state index contributed by atoms with van der Waals surface area (Å²) in [5, 5.41) is 17.6. The lowest BCUT2D eigenvalue weighted by Gasteiger charge is -2.12. The van der Waals surface area contributed by atoms with Gasteiger partial charge in [-0.25, -0.2) is 9.59 Å². The molecule has 0 aliphatic heterocycles. The van der Waals surface area contributed by atoms with Gasteiger partial charge >= 0.3 is 23.8 Å². The van der Waals surface area contributed by atoms with E-state index < -0.39 is 11.9 Å². The molecule has 0 aromatic heterocycles. The fourth-order valence-electron chi connectivity index (χ4n) is 1.57. The van der Waals surface area contributed by atoms with Crippen molar-refractivity contribution in [3.05, 3.63) is 23.4 Å². The highest BCUT2D eigenvalue weighted by atomic mass is 28.2. The van der Waals surface area contributed by atoms with Gasteiger partial charge in [-0.3, -0.25) is 0 Å². The number of hydrogen-bond acceptors (Lipinski definition) is 8. The molecule has 0 fully saturated rings. The standard InChI is InChI=1S/2C9H16O5.C2H8Si/c2*1-4-12-7(8(10)11)9(13-5-2)14-6-3;1-3-2/h2*4-6H2,1-3H3,(H,10,11);3H2,1-2H3. The first-order chi connectivity index (χ1) is 14.7. The Morgan fingerprint density at radius 1 is 0.548 bits per heavy atom. The van der Waals surface area contributed by atoms with Gasteiger partial charge in [0.15, 0.2) is 0 Å². The number of carboxylic acids is 2. The number of ether oxygens (including phenoxy) is 6. The van der Waals surface area contributed by atoms with Gasteiger partial charge < -0.3 is 38.6 Å². The van der Waals surface area contributed by atoms with Crippen molar-refractivity contribution >= 4 is 21.5 Å². The second-order valence-electron chi connectivity index (χ2n) is 5.15. The smallest absolute Gasteiger partial charge is 0.378 e. The molecule has 0 amide bonds. The first-order valence-electron chi connectivity index (χ1n) is 10.5. The molecule has 0 rings (SSSR count). The number of rotatable bonds is 14. The number of carbonyl (C=O) groups is 2. The molecule has 0 saturated carbocycles. The summed E-state index contributed by atoms with van der Waals surface area (Å²) in [5.41, 5.74) is 0. The third kappa shape index (κ3) is 18.0. The molecule has 0 atom stereocenters. The zero-order valence-electron chi connectivity index (χ0n) is 20.1. The van der Waals surface area contributed by atoms with Crippen molar-refractivity contribution in [2.75, 3.05) is 39.6 Å². The van der Waals surface area contributed by atoms with Gasteiger partial charge in [-0.1, -0.05) is 13.1 Å². The monoisotopic (exact) mass is 468 g/mol. The van der Waals surface area contributed by atoms with Crippen molar-refractivity contribution in [2.45, 2.75) is 54.6 Å². The summed E-state index contributed by atoms with van der Waals surface area (Å²) in [7, 11) is 0.417. The Labute approximate surface area is 187 Å². The van der Waals surface area contributed by atoms with E-state index in [1.807, 2.05) is 0 Å². The molecule has 0 aromatic carbocycles. The molecular formula is C20H40O10Si. The predicted octanol–water partition coefficient (Wildman–Crippen LogP) is 2.95. The van der Waals surface area contributed by atoms with Crippen LogP contribution in [-0.4, -0.2) is 71.3 Å². The van der Waals surface area contributed by atoms with Crippen LogP contribution in [0.4, 0.5) is 0 Å². The molecule has 11 heteroatoms. The van der Waals surface area contributed by atoms with Crippen LogP contribution < -0.4 is 0 Å². The summed E-state index contributed by atoms with van der Waals surface area (Å²) < 4.78 is 29.8. The van der Waals surface area contributed by atoms with E-state index in [0.717, 1.165) is 0 Å². The first kappa shape index (κ1) is 33.1. The van der Waals surface area contributed by atoms with Gasteiger partial charge in [0.1, 0.15) is 0 Å². The third-order valence-corrected chi connectivity index (χ3v) is 2.44. The Morgan fingerprint density at radius 3 is 0.871 bits per heavy atom. The minimum atomic E-state index is -1.19. The third-order valence-electron chi connectivity index (χ3n) is 2.44. The van der Waals surface area contributed by atoms with Gasteiger partial charge in [0.25, 0.3) is 11.5 Å². The molecule has 2 N–H and O–H groups in total. The van der Waals surface area contributed by atoms with Gasteiger partial charge in [-0.2, -0.15) is 0 Å². The first-order valence-corrected chi connectivity index (χ1v) is 13.3. The fourth-order valence-corrected chi connectivity index (χ4v) is 1.57. The number of carboxylic acid groups (broad SMARTS) is 2. The summed E-state index contributed by atoms with van der Waals surface area (Å²) in [5.74, 6) is -3.08. The van der Waals surface area contributed by atoms with Crippen LogP contribution in [0.5, 0.6) is 0 Å². The predicted molar refractivity (Wildman–Crippen MR) is 119 cm³/mol. The highest BCUT2D eigenvalue weighted by Crippen LogP contribution is 2.11. The normalized spacial score (nSPS) is 8.77. The van der Waals surface area contributed by atoms with Gasteiger partial charge in [-0.15, -0.1) is 0 Å². The van der Waals surface area contributed by atoms with Gasteiger partial charge in [-0.05, 0) is 41.5 Å². The maximum absolute atomic E-state index is 10.7. The van der Waals surface area contributed by atoms with Crippen LogP contribution in [0, 0.1) is 0 Å². The Bertz CT molecular complexity index is 470. The molecule has 184 valence electrons. The average Bonchev–Trinajstić information content (AvgIpc) is 2.71. The highest BCUT2D eigenvalue weighted by molar-refractivity contribution is 6.31. The van der Waals surface area contributed by atoms with Crippen molar-refractivity contribution in [3.63, 3.8) is 0 Å². The number of aliphatic carboxylic acids is 2. The molecule has 0 aliphatic rings. The van der Waals surface area contributed by atoms with E-state index in [1.54, 1.807) is 41.5 Å². The Morgan fingerprint density at radius 2 is 0.742 bits per heavy atom. The van der Waals surface area contributed by atoms with Crippen LogP contribution in [0.2, 0.25) is 13.1 Å². The van der Waals surface area contributed by atoms with Crippen molar-refractivity contribution in [2.24, 2.45) is 0 Å². The largest absolute Gasteiger partial charge is 0.482 e. The fraction of sp³-hybridized carbons (Fsp3) is 0.700. The van der Waals surface area contributed by atoms with Crippen LogP contribution in [0.1, 0.15) is 41.5 Å². The van der Waals surface area contributed by atoms with Crippen LogP contribution in [0.15, 0.2) is 23.4 Å². The molecule has 0 saturated heterocycles. The Kier molecular flexibility index (Phi) is 25.3. The molecule has 0 unspecified atom stereocenters. The second kappa shape index (κ2) is 23.7. The van der Waals surface area contributed by atoms with Gasteiger partial charge in [0, 0.05) is 9.52 Å². The Hall–Kier alpha value is -2.56. The molecule has 0 spiro atoms. The average molecular weight is 469 g/mol. The summed E-state index contributed by atoms with van der Waals surface area (Å²) in [4.78, 5) is 21.5. The number of hydrogen-bond donors (Lipinski definition) is 2. The lowest BCUT2D eigenvalue weighted by atomic mass is 10.5. The maximum atomic E-state index is 10.7. The van der Waals surface area contributed by atoms with E-state index in [4.69, 9.17) is 38.6 Å². The van der Waals surface area contributed by atoms with Crippen molar-refractivity contribution in [1.29, 1.82) is 0 Å². The van der Waals surface area contributed by atoms with Crippen LogP contribution >= 0.6 is 0 Å². The van der Waals surface area contributed by atoms with E-state index in [9.17, 15) is 9.59 Å². The van der Waals surface area contributed by atoms with Crippen molar-refractivity contribution in [3.8, 4) is 0 Å². The Balaban J connectivity index is -0.000000448. The minimum absolute atomic E-state index is 0.0654. The zero-order valence-corrected chi connectivity index (χ0v) is 21.5. The topological polar surface area (TPSA) is 130 Å². The molecule has 31 heavy (non-hydrogen) atoms. The van der Waals surface area contributed by atoms with E-state index in [0.29, 0.717) is 35.9 Å². The SMILES string of the molecule is CCOC(OCC)=C(OCC)C(=O)O.CCOC(OCC)=C(OCC)C(=O)O.C[SiH2]C. The zero-order chi connectivity index (χ0) is 24.7. The molecule has 0 aliphatic carbocycles. The van der Waals surface area contributed by atoms with E-state index in [2.05, 4.69) is 13.1 Å². The summed E-state index contributed by atoms with van der Waals surface area (Å²) >= 11 is 0. The highest BCUT2D eigenvalue weighted by Gasteiger charge is 2.19. The van der Waals surface area contributed by atoms with Crippen LogP contribution in [-0.2, 0) is 38.0 Å². The second-order valence-corrected chi connectivity index (χ2v) is 6.56. The van der Waals surface area contributed by atoms with Crippen molar-refractivity contribution in [1.82, 2.24) is 0 Å². The minimum Gasteiger partial charge on any atom is -0.482 e. The maximum Gasteiger partial charge on any atom is 0.378 e. The lowest BCUT2D eigenvalue weighted by Crippen LogP contribution is -2.12. The molecule has 0 bridgehead atoms. The van der Waals surface area contributed by atoms with Crippen LogP contribution in [0.3, 0.4) is 0 Å². The summed E-state index contributed by atoms with van der Waals surface area (Å²) in [6, 6.07) is 0. The molecule has 0 aromatic rings. The molecule has 10 nitrogen and oxygen atoms in total. The molecule has 0 radical (unpaired) electrons. The van der Waals surface area contributed by atoms with E-state index in [1.165, 1.54) is 0 Å².